The maximum absolute atomic E-state index is 9.84. The molecule has 0 amide bonds. The molecule has 0 aliphatic heterocycles. The molecule has 0 aromatic carbocycles. The molecule has 0 aromatic heterocycles. The van der Waals surface area contributed by atoms with Crippen molar-refractivity contribution >= 4 is 41.0 Å². The number of esters is 1. The summed E-state index contributed by atoms with van der Waals surface area (Å²) in [4.78, 5) is 29.4. The Labute approximate surface area is 113 Å². The molecule has 0 radical (unpaired) electrons. The van der Waals surface area contributed by atoms with Gasteiger partial charge in [0.05, 0.1) is 7.11 Å². The summed E-state index contributed by atoms with van der Waals surface area (Å²) in [5.74, 6) is -3.93. The predicted octanol–water partition coefficient (Wildman–Crippen LogP) is -2.69. The molecular weight excluding hydrogens is 248 g/mol. The van der Waals surface area contributed by atoms with E-state index in [9.17, 15) is 14.4 Å². The minimum atomic E-state index is -2.27. The third kappa shape index (κ3) is 11.1. The van der Waals surface area contributed by atoms with Crippen LogP contribution in [0, 0.1) is 0 Å². The number of methoxy groups -OCH3 is 1. The number of aliphatic hydroxyl groups excluding tert-OH is 2. The molecule has 9 heteroatoms. The summed E-state index contributed by atoms with van der Waals surface area (Å²) >= 11 is 0. The molecule has 0 aromatic rings. The molecule has 0 rings (SSSR count). The largest absolute Gasteiger partial charge is 0.479 e. The van der Waals surface area contributed by atoms with Crippen molar-refractivity contribution in [3.05, 3.63) is 12.7 Å². The van der Waals surface area contributed by atoms with E-state index in [0.717, 1.165) is 6.08 Å². The van der Waals surface area contributed by atoms with Gasteiger partial charge in [-0.15, -0.1) is 0 Å². The van der Waals surface area contributed by atoms with Gasteiger partial charge in [-0.1, -0.05) is 6.58 Å². The zero-order chi connectivity index (χ0) is 13.3. The van der Waals surface area contributed by atoms with Crippen LogP contribution in [-0.4, -0.2) is 80.7 Å². The van der Waals surface area contributed by atoms with Gasteiger partial charge in [0.2, 0.25) is 0 Å². The van der Waals surface area contributed by atoms with Gasteiger partial charge in [0, 0.05) is 6.08 Å². The zero-order valence-electron chi connectivity index (χ0n) is 8.36. The Balaban J connectivity index is -0.000000244. The van der Waals surface area contributed by atoms with Gasteiger partial charge in [-0.2, -0.15) is 0 Å². The third-order valence-electron chi connectivity index (χ3n) is 1.17. The van der Waals surface area contributed by atoms with Gasteiger partial charge in [-0.05, 0) is 0 Å². The summed E-state index contributed by atoms with van der Waals surface area (Å²) in [6.45, 7) is 3.16. The molecule has 0 aliphatic carbocycles. The summed E-state index contributed by atoms with van der Waals surface area (Å²) in [5, 5.41) is 32.5. The molecule has 96 valence electrons. The maximum atomic E-state index is 9.84. The van der Waals surface area contributed by atoms with E-state index in [4.69, 9.17) is 20.4 Å². The topological polar surface area (TPSA) is 141 Å². The Hall–Kier alpha value is -1.16. The van der Waals surface area contributed by atoms with Crippen molar-refractivity contribution in [1.82, 2.24) is 0 Å². The van der Waals surface area contributed by atoms with Gasteiger partial charge >= 0.3 is 41.0 Å². The fourth-order valence-corrected chi connectivity index (χ4v) is 0.353. The fraction of sp³-hybridized carbons (Fsp3) is 0.375. The number of ether oxygens (including phenoxy) is 1. The van der Waals surface area contributed by atoms with Gasteiger partial charge in [0.1, 0.15) is 0 Å². The van der Waals surface area contributed by atoms with Crippen LogP contribution in [0.15, 0.2) is 12.7 Å². The predicted molar refractivity (Wildman–Crippen MR) is 58.0 cm³/mol. The molecule has 4 N–H and O–H groups in total. The fourth-order valence-electron chi connectivity index (χ4n) is 0.353. The number of hydrogen-bond acceptors (Lipinski definition) is 6. The van der Waals surface area contributed by atoms with Crippen LogP contribution in [0.25, 0.3) is 0 Å². The van der Waals surface area contributed by atoms with Crippen LogP contribution in [-0.2, 0) is 19.1 Å². The first-order valence-corrected chi connectivity index (χ1v) is 3.80. The van der Waals surface area contributed by atoms with Crippen molar-refractivity contribution in [2.75, 3.05) is 7.11 Å². The molecule has 2 atom stereocenters. The van der Waals surface area contributed by atoms with Crippen molar-refractivity contribution in [2.45, 2.75) is 12.2 Å². The highest BCUT2D eigenvalue weighted by atomic mass is 24.3. The van der Waals surface area contributed by atoms with E-state index in [1.54, 1.807) is 0 Å². The molecule has 0 fully saturated rings. The molecule has 2 unspecified atom stereocenters. The smallest absolute Gasteiger partial charge is 0.335 e. The Morgan fingerprint density at radius 1 is 1.12 bits per heavy atom. The van der Waals surface area contributed by atoms with E-state index in [2.05, 4.69) is 11.3 Å². The number of carboxylic acid groups (broad SMARTS) is 2. The summed E-state index contributed by atoms with van der Waals surface area (Å²) in [6, 6.07) is 0. The van der Waals surface area contributed by atoms with Gasteiger partial charge < -0.3 is 25.2 Å². The van der Waals surface area contributed by atoms with Crippen molar-refractivity contribution < 1.29 is 39.5 Å². The zero-order valence-corrected chi connectivity index (χ0v) is 8.36. The normalized spacial score (nSPS) is 11.7. The minimum Gasteiger partial charge on any atom is -0.479 e. The molecule has 0 saturated heterocycles. The molecule has 0 spiro atoms. The molecular formula is C8H14MgO8. The molecule has 8 nitrogen and oxygen atoms in total. The number of aliphatic hydroxyl groups is 2. The summed E-state index contributed by atoms with van der Waals surface area (Å²) < 4.78 is 4.14. The van der Waals surface area contributed by atoms with E-state index in [1.807, 2.05) is 0 Å². The SMILES string of the molecule is C=CC(=O)OC.O=C(O)C(O)C(O)C(=O)O.[MgH2]. The summed E-state index contributed by atoms with van der Waals surface area (Å²) in [7, 11) is 1.31. The van der Waals surface area contributed by atoms with E-state index in [0.29, 0.717) is 0 Å². The Bertz CT molecular complexity index is 259. The summed E-state index contributed by atoms with van der Waals surface area (Å²) in [5.41, 5.74) is 0. The first-order chi connectivity index (χ1) is 7.27. The van der Waals surface area contributed by atoms with E-state index in [1.165, 1.54) is 7.11 Å². The Kier molecular flexibility index (Phi) is 14.1. The highest BCUT2D eigenvalue weighted by Gasteiger charge is 2.29. The molecule has 0 aliphatic rings. The average molecular weight is 262 g/mol. The minimum absolute atomic E-state index is 0. The lowest BCUT2D eigenvalue weighted by molar-refractivity contribution is -0.165. The number of carboxylic acids is 2. The number of carbonyl (C=O) groups is 3. The second-order valence-electron chi connectivity index (χ2n) is 2.29. The van der Waals surface area contributed by atoms with Crippen LogP contribution >= 0.6 is 0 Å². The molecule has 0 heterocycles. The second-order valence-corrected chi connectivity index (χ2v) is 2.29. The average Bonchev–Trinajstić information content (AvgIpc) is 2.26. The van der Waals surface area contributed by atoms with Crippen molar-refractivity contribution in [1.29, 1.82) is 0 Å². The number of carbonyl (C=O) groups excluding carboxylic acids is 1. The number of aliphatic carboxylic acids is 2. The standard InChI is InChI=1S/C4H6O6.C4H6O2.Mg.2H/c5-1(3(7)8)2(6)4(9)10;1-3-4(5)6-2;;;/h1-2,5-6H,(H,7,8)(H,9,10);3H,1H2,2H3;;;. The highest BCUT2D eigenvalue weighted by Crippen LogP contribution is 1.92. The van der Waals surface area contributed by atoms with Gasteiger partial charge in [-0.25, -0.2) is 14.4 Å². The van der Waals surface area contributed by atoms with E-state index in [-0.39, 0.29) is 23.1 Å². The first-order valence-electron chi connectivity index (χ1n) is 3.80. The monoisotopic (exact) mass is 262 g/mol. The first kappa shape index (κ1) is 21.2. The van der Waals surface area contributed by atoms with Crippen LogP contribution in [0.2, 0.25) is 0 Å². The van der Waals surface area contributed by atoms with Crippen LogP contribution in [0.5, 0.6) is 0 Å². The lowest BCUT2D eigenvalue weighted by Gasteiger charge is -2.07. The lowest BCUT2D eigenvalue weighted by Crippen LogP contribution is -2.39. The molecule has 0 saturated carbocycles. The van der Waals surface area contributed by atoms with Crippen molar-refractivity contribution in [3.8, 4) is 0 Å². The van der Waals surface area contributed by atoms with Gasteiger partial charge in [0.25, 0.3) is 0 Å². The van der Waals surface area contributed by atoms with Crippen molar-refractivity contribution in [2.24, 2.45) is 0 Å². The van der Waals surface area contributed by atoms with Crippen LogP contribution in [0.1, 0.15) is 0 Å². The lowest BCUT2D eigenvalue weighted by atomic mass is 10.2. The Morgan fingerprint density at radius 2 is 1.41 bits per heavy atom. The third-order valence-corrected chi connectivity index (χ3v) is 1.17. The van der Waals surface area contributed by atoms with Crippen LogP contribution < -0.4 is 0 Å². The molecule has 17 heavy (non-hydrogen) atoms. The van der Waals surface area contributed by atoms with E-state index < -0.39 is 30.1 Å². The van der Waals surface area contributed by atoms with E-state index >= 15 is 0 Å². The maximum Gasteiger partial charge on any atom is 0.335 e. The van der Waals surface area contributed by atoms with Gasteiger partial charge in [0.15, 0.2) is 12.2 Å². The molecule has 0 bridgehead atoms. The quantitative estimate of drug-likeness (QED) is 0.244. The summed E-state index contributed by atoms with van der Waals surface area (Å²) in [6.07, 6.45) is -3.42. The van der Waals surface area contributed by atoms with Crippen molar-refractivity contribution in [3.63, 3.8) is 0 Å². The van der Waals surface area contributed by atoms with Crippen LogP contribution in [0.3, 0.4) is 0 Å². The second kappa shape index (κ2) is 11.3. The highest BCUT2D eigenvalue weighted by molar-refractivity contribution is 5.83. The van der Waals surface area contributed by atoms with Gasteiger partial charge in [-0.3, -0.25) is 0 Å². The number of rotatable bonds is 4. The Morgan fingerprint density at radius 3 is 1.47 bits per heavy atom. The van der Waals surface area contributed by atoms with Crippen LogP contribution in [0.4, 0.5) is 0 Å². The number of hydrogen-bond donors (Lipinski definition) is 4.